The lowest BCUT2D eigenvalue weighted by molar-refractivity contribution is -0.231. The van der Waals surface area contributed by atoms with E-state index >= 15 is 0 Å². The second-order valence-electron chi connectivity index (χ2n) is 5.58. The fourth-order valence-electron chi connectivity index (χ4n) is 1.64. The number of aromatic nitrogens is 1. The van der Waals surface area contributed by atoms with E-state index in [1.807, 2.05) is 0 Å². The van der Waals surface area contributed by atoms with Gasteiger partial charge in [-0.25, -0.2) is 4.79 Å². The van der Waals surface area contributed by atoms with Crippen LogP contribution in [0.5, 0.6) is 0 Å². The number of carbonyl (C=O) groups excluding carboxylic acids is 1. The molecule has 0 aliphatic heterocycles. The summed E-state index contributed by atoms with van der Waals surface area (Å²) in [5, 5.41) is 0. The molecule has 0 fully saturated rings. The first-order valence-electron chi connectivity index (χ1n) is 5.90. The van der Waals surface area contributed by atoms with Gasteiger partial charge in [0.05, 0.1) is 0 Å². The minimum atomic E-state index is -4.70. The molecule has 112 valence electrons. The second kappa shape index (κ2) is 5.30. The van der Waals surface area contributed by atoms with Crippen LogP contribution in [0.1, 0.15) is 36.8 Å². The summed E-state index contributed by atoms with van der Waals surface area (Å²) in [6.45, 7) is 5.50. The lowest BCUT2D eigenvalue weighted by Gasteiger charge is -2.31. The molecule has 0 aliphatic carbocycles. The molecule has 1 heterocycles. The Morgan fingerprint density at radius 1 is 1.25 bits per heavy atom. The predicted molar refractivity (Wildman–Crippen MR) is 66.5 cm³/mol. The molecular formula is C13H16F3NO3. The third-order valence-corrected chi connectivity index (χ3v) is 2.58. The third-order valence-electron chi connectivity index (χ3n) is 2.58. The van der Waals surface area contributed by atoms with Gasteiger partial charge in [-0.15, -0.1) is 0 Å². The van der Waals surface area contributed by atoms with Crippen molar-refractivity contribution < 1.29 is 22.7 Å². The normalized spacial score (nSPS) is 13.9. The van der Waals surface area contributed by atoms with Gasteiger partial charge < -0.3 is 9.72 Å². The Hall–Kier alpha value is -1.79. The van der Waals surface area contributed by atoms with Crippen molar-refractivity contribution in [3.8, 4) is 0 Å². The Balaban J connectivity index is 3.06. The van der Waals surface area contributed by atoms with Crippen molar-refractivity contribution in [2.75, 3.05) is 0 Å². The average molecular weight is 291 g/mol. The van der Waals surface area contributed by atoms with Crippen molar-refractivity contribution in [2.45, 2.75) is 40.0 Å². The van der Waals surface area contributed by atoms with Crippen molar-refractivity contribution in [2.24, 2.45) is 5.41 Å². The largest absolute Gasteiger partial charge is 0.448 e. The van der Waals surface area contributed by atoms with Crippen molar-refractivity contribution in [1.29, 1.82) is 0 Å². The molecule has 0 amide bonds. The number of aryl methyl sites for hydroxylation is 1. The smallest absolute Gasteiger partial charge is 0.426 e. The summed E-state index contributed by atoms with van der Waals surface area (Å²) in [6.07, 6.45) is -6.99. The molecule has 7 heteroatoms. The van der Waals surface area contributed by atoms with Gasteiger partial charge in [-0.3, -0.25) is 4.79 Å². The summed E-state index contributed by atoms with van der Waals surface area (Å²) < 4.78 is 43.2. The summed E-state index contributed by atoms with van der Waals surface area (Å²) >= 11 is 0. The lowest BCUT2D eigenvalue weighted by atomic mass is 9.88. The standard InChI is InChI=1S/C13H16F3NO3/c1-7-5-6-8(9(18)17-7)10(19)20-11(12(2,3)4)13(14,15)16/h5-6,11H,1-4H3,(H,17,18)/t11-/m0/s1. The van der Waals surface area contributed by atoms with Gasteiger partial charge in [-0.05, 0) is 19.1 Å². The minimum absolute atomic E-state index is 0.450. The highest BCUT2D eigenvalue weighted by Crippen LogP contribution is 2.36. The quantitative estimate of drug-likeness (QED) is 0.852. The van der Waals surface area contributed by atoms with Crippen molar-refractivity contribution in [3.05, 3.63) is 33.7 Å². The van der Waals surface area contributed by atoms with Gasteiger partial charge in [0.25, 0.3) is 5.56 Å². The van der Waals surface area contributed by atoms with E-state index in [1.54, 1.807) is 6.92 Å². The SMILES string of the molecule is Cc1ccc(C(=O)O[C@@H](C(C)(C)C)C(F)(F)F)c(=O)[nH]1. The van der Waals surface area contributed by atoms with Crippen LogP contribution >= 0.6 is 0 Å². The third kappa shape index (κ3) is 3.85. The summed E-state index contributed by atoms with van der Waals surface area (Å²) in [7, 11) is 0. The topological polar surface area (TPSA) is 59.2 Å². The van der Waals surface area contributed by atoms with E-state index in [0.717, 1.165) is 6.07 Å². The molecule has 0 radical (unpaired) electrons. The van der Waals surface area contributed by atoms with Gasteiger partial charge in [-0.1, -0.05) is 20.8 Å². The van der Waals surface area contributed by atoms with Gasteiger partial charge in [0.2, 0.25) is 6.10 Å². The van der Waals surface area contributed by atoms with Crippen molar-refractivity contribution in [3.63, 3.8) is 0 Å². The zero-order valence-electron chi connectivity index (χ0n) is 11.6. The fraction of sp³-hybridized carbons (Fsp3) is 0.538. The van der Waals surface area contributed by atoms with Crippen LogP contribution in [0.3, 0.4) is 0 Å². The predicted octanol–water partition coefficient (Wildman–Crippen LogP) is 2.82. The molecule has 0 aliphatic rings. The molecule has 0 saturated heterocycles. The Bertz CT molecular complexity index is 541. The summed E-state index contributed by atoms with van der Waals surface area (Å²) in [4.78, 5) is 25.6. The molecular weight excluding hydrogens is 275 g/mol. The maximum Gasteiger partial charge on any atom is 0.426 e. The Morgan fingerprint density at radius 2 is 1.80 bits per heavy atom. The van der Waals surface area contributed by atoms with Crippen LogP contribution in [-0.2, 0) is 4.74 Å². The first-order chi connectivity index (χ1) is 8.93. The zero-order chi connectivity index (χ0) is 15.7. The van der Waals surface area contributed by atoms with E-state index in [9.17, 15) is 22.8 Å². The van der Waals surface area contributed by atoms with Gasteiger partial charge in [0, 0.05) is 11.1 Å². The second-order valence-corrected chi connectivity index (χ2v) is 5.58. The Morgan fingerprint density at radius 3 is 2.20 bits per heavy atom. The molecule has 0 aromatic carbocycles. The van der Waals surface area contributed by atoms with E-state index in [4.69, 9.17) is 0 Å². The highest BCUT2D eigenvalue weighted by Gasteiger charge is 2.50. The van der Waals surface area contributed by atoms with Crippen molar-refractivity contribution in [1.82, 2.24) is 4.98 Å². The number of H-pyrrole nitrogens is 1. The van der Waals surface area contributed by atoms with E-state index in [0.29, 0.717) is 5.69 Å². The van der Waals surface area contributed by atoms with Crippen LogP contribution in [0.4, 0.5) is 13.2 Å². The number of hydrogen-bond donors (Lipinski definition) is 1. The lowest BCUT2D eigenvalue weighted by Crippen LogP contribution is -2.44. The summed E-state index contributed by atoms with van der Waals surface area (Å²) in [6, 6.07) is 2.56. The Kier molecular flexibility index (Phi) is 4.31. The van der Waals surface area contributed by atoms with E-state index in [-0.39, 0.29) is 0 Å². The molecule has 1 aromatic rings. The van der Waals surface area contributed by atoms with E-state index < -0.39 is 34.8 Å². The van der Waals surface area contributed by atoms with Crippen LogP contribution in [-0.4, -0.2) is 23.2 Å². The highest BCUT2D eigenvalue weighted by atomic mass is 19.4. The fourth-order valence-corrected chi connectivity index (χ4v) is 1.64. The molecule has 4 nitrogen and oxygen atoms in total. The maximum absolute atomic E-state index is 12.9. The number of rotatable bonds is 2. The molecule has 0 unspecified atom stereocenters. The van der Waals surface area contributed by atoms with Gasteiger partial charge in [0.1, 0.15) is 5.56 Å². The van der Waals surface area contributed by atoms with Crippen LogP contribution < -0.4 is 5.56 Å². The molecule has 0 bridgehead atoms. The summed E-state index contributed by atoms with van der Waals surface area (Å²) in [5.74, 6) is -1.29. The number of nitrogens with one attached hydrogen (secondary N) is 1. The van der Waals surface area contributed by atoms with Crippen LogP contribution in [0.15, 0.2) is 16.9 Å². The number of esters is 1. The number of pyridine rings is 1. The minimum Gasteiger partial charge on any atom is -0.448 e. The number of aromatic amines is 1. The molecule has 0 spiro atoms. The first-order valence-corrected chi connectivity index (χ1v) is 5.90. The number of ether oxygens (including phenoxy) is 1. The number of carbonyl (C=O) groups is 1. The van der Waals surface area contributed by atoms with Crippen LogP contribution in [0.25, 0.3) is 0 Å². The number of alkyl halides is 3. The maximum atomic E-state index is 12.9. The monoisotopic (exact) mass is 291 g/mol. The van der Waals surface area contributed by atoms with Gasteiger partial charge >= 0.3 is 12.1 Å². The van der Waals surface area contributed by atoms with E-state index in [1.165, 1.54) is 26.8 Å². The number of hydrogen-bond acceptors (Lipinski definition) is 3. The van der Waals surface area contributed by atoms with Crippen LogP contribution in [0.2, 0.25) is 0 Å². The molecule has 1 N–H and O–H groups in total. The molecule has 1 aromatic heterocycles. The van der Waals surface area contributed by atoms with Crippen LogP contribution in [0, 0.1) is 12.3 Å². The summed E-state index contributed by atoms with van der Waals surface area (Å²) in [5.41, 5.74) is -2.06. The average Bonchev–Trinajstić information content (AvgIpc) is 2.22. The molecule has 20 heavy (non-hydrogen) atoms. The molecule has 0 saturated carbocycles. The highest BCUT2D eigenvalue weighted by molar-refractivity contribution is 5.89. The number of halogens is 3. The molecule has 1 atom stereocenters. The van der Waals surface area contributed by atoms with Gasteiger partial charge in [-0.2, -0.15) is 13.2 Å². The molecule has 1 rings (SSSR count). The first kappa shape index (κ1) is 16.3. The van der Waals surface area contributed by atoms with Gasteiger partial charge in [0.15, 0.2) is 0 Å². The zero-order valence-corrected chi connectivity index (χ0v) is 11.6. The van der Waals surface area contributed by atoms with Crippen molar-refractivity contribution >= 4 is 5.97 Å². The Labute approximate surface area is 114 Å². The van der Waals surface area contributed by atoms with E-state index in [2.05, 4.69) is 9.72 Å².